The van der Waals surface area contributed by atoms with E-state index in [9.17, 15) is 32.6 Å². The lowest BCUT2D eigenvalue weighted by atomic mass is 10.1. The molecule has 4 aromatic rings. The molecule has 3 aromatic heterocycles. The molecule has 1 aliphatic heterocycles. The lowest BCUT2D eigenvalue weighted by Crippen LogP contribution is -2.45. The van der Waals surface area contributed by atoms with Gasteiger partial charge < -0.3 is 25.6 Å². The third-order valence-corrected chi connectivity index (χ3v) is 6.47. The number of aliphatic hydroxyl groups excluding tert-OH is 2. The molecule has 4 heterocycles. The van der Waals surface area contributed by atoms with Gasteiger partial charge in [0, 0.05) is 30.1 Å². The summed E-state index contributed by atoms with van der Waals surface area (Å²) in [5.41, 5.74) is 1.81. The van der Waals surface area contributed by atoms with E-state index in [-0.39, 0.29) is 29.4 Å². The van der Waals surface area contributed by atoms with Crippen LogP contribution in [0.3, 0.4) is 0 Å². The monoisotopic (exact) mass is 595 g/mol. The molecule has 0 unspecified atom stereocenters. The third kappa shape index (κ3) is 6.07. The van der Waals surface area contributed by atoms with Gasteiger partial charge in [0.15, 0.2) is 35.1 Å². The number of ether oxygens (including phenoxy) is 1. The number of halogens is 5. The molecule has 1 amide bonds. The first-order chi connectivity index (χ1) is 19.4. The number of aromatic nitrogens is 5. The Hall–Kier alpha value is -3.92. The molecule has 1 aliphatic rings. The molecule has 1 aromatic carbocycles. The van der Waals surface area contributed by atoms with Crippen molar-refractivity contribution in [2.45, 2.75) is 44.2 Å². The fourth-order valence-electron chi connectivity index (χ4n) is 4.30. The average molecular weight is 596 g/mol. The van der Waals surface area contributed by atoms with Crippen LogP contribution in [0.4, 0.5) is 23.4 Å². The lowest BCUT2D eigenvalue weighted by Gasteiger charge is -2.17. The Bertz CT molecular complexity index is 1600. The Morgan fingerprint density at radius 1 is 1.17 bits per heavy atom. The van der Waals surface area contributed by atoms with Crippen molar-refractivity contribution in [1.82, 2.24) is 29.8 Å². The predicted octanol–water partition coefficient (Wildman–Crippen LogP) is 2.90. The third-order valence-electron chi connectivity index (χ3n) is 6.27. The number of carbonyl (C=O) groups is 1. The highest BCUT2D eigenvalue weighted by Gasteiger charge is 2.48. The van der Waals surface area contributed by atoms with Crippen LogP contribution in [0.5, 0.6) is 0 Å². The molecule has 216 valence electrons. The van der Waals surface area contributed by atoms with Crippen LogP contribution in [-0.2, 0) is 16.1 Å². The molecule has 4 N–H and O–H groups in total. The van der Waals surface area contributed by atoms with E-state index in [0.717, 1.165) is 5.56 Å². The van der Waals surface area contributed by atoms with E-state index in [1.807, 2.05) is 6.92 Å². The topological polar surface area (TPSA) is 147 Å². The highest BCUT2D eigenvalue weighted by atomic mass is 35.5. The van der Waals surface area contributed by atoms with Crippen molar-refractivity contribution in [2.75, 3.05) is 11.9 Å². The van der Waals surface area contributed by atoms with E-state index < -0.39 is 49.0 Å². The van der Waals surface area contributed by atoms with Gasteiger partial charge in [0.2, 0.25) is 0 Å². The number of rotatable bonds is 7. The Labute approximate surface area is 234 Å². The molecular weight excluding hydrogens is 574 g/mol. The van der Waals surface area contributed by atoms with Crippen molar-refractivity contribution < 1.29 is 37.3 Å². The predicted molar refractivity (Wildman–Crippen MR) is 137 cm³/mol. The first-order valence-electron chi connectivity index (χ1n) is 12.1. The number of hydrogen-bond acceptors (Lipinski definition) is 9. The minimum Gasteiger partial charge on any atom is -0.387 e. The number of pyridine rings is 1. The second-order valence-electron chi connectivity index (χ2n) is 9.32. The summed E-state index contributed by atoms with van der Waals surface area (Å²) >= 11 is 6.09. The average Bonchev–Trinajstić information content (AvgIpc) is 3.47. The summed E-state index contributed by atoms with van der Waals surface area (Å²) in [7, 11) is 0. The summed E-state index contributed by atoms with van der Waals surface area (Å²) < 4.78 is 58.8. The standard InChI is InChI=1S/C25H22ClF4N7O4/c1-11-2-3-15(27)12(4-11)7-32-21-16-22(36-20(35-21)13-5-14(26)8-31-6-13)37(10-34-16)24-18(39)17(38)19(41-24)23(40)33-9-25(28,29)30/h2-6,8,10,17-19,24,38-39H,7,9H2,1H3,(H,33,40)(H,32,35,36)/t17-,18+,19-,24+/m0/s1. The van der Waals surface area contributed by atoms with Gasteiger partial charge in [0.1, 0.15) is 24.6 Å². The Balaban J connectivity index is 1.52. The molecule has 4 atom stereocenters. The van der Waals surface area contributed by atoms with Gasteiger partial charge in [-0.15, -0.1) is 0 Å². The van der Waals surface area contributed by atoms with Crippen molar-refractivity contribution in [2.24, 2.45) is 0 Å². The van der Waals surface area contributed by atoms with E-state index in [2.05, 4.69) is 25.3 Å². The number of amides is 1. The van der Waals surface area contributed by atoms with Gasteiger partial charge in [0.05, 0.1) is 11.3 Å². The molecule has 0 radical (unpaired) electrons. The minimum atomic E-state index is -4.69. The van der Waals surface area contributed by atoms with Crippen molar-refractivity contribution in [3.05, 3.63) is 65.0 Å². The van der Waals surface area contributed by atoms with Gasteiger partial charge >= 0.3 is 6.18 Å². The van der Waals surface area contributed by atoms with Gasteiger partial charge in [-0.2, -0.15) is 13.2 Å². The van der Waals surface area contributed by atoms with Crippen LogP contribution >= 0.6 is 11.6 Å². The maximum absolute atomic E-state index is 14.4. The largest absolute Gasteiger partial charge is 0.405 e. The van der Waals surface area contributed by atoms with Crippen molar-refractivity contribution in [3.8, 4) is 11.4 Å². The number of aryl methyl sites for hydroxylation is 1. The van der Waals surface area contributed by atoms with E-state index >= 15 is 0 Å². The molecule has 1 saturated heterocycles. The maximum atomic E-state index is 14.4. The highest BCUT2D eigenvalue weighted by molar-refractivity contribution is 6.30. The first-order valence-corrected chi connectivity index (χ1v) is 12.5. The lowest BCUT2D eigenvalue weighted by molar-refractivity contribution is -0.149. The van der Waals surface area contributed by atoms with Crippen molar-refractivity contribution >= 4 is 34.5 Å². The summed E-state index contributed by atoms with van der Waals surface area (Å²) in [6.45, 7) is 0.187. The van der Waals surface area contributed by atoms with E-state index in [1.165, 1.54) is 29.4 Å². The summed E-state index contributed by atoms with van der Waals surface area (Å²) in [4.78, 5) is 29.6. The number of alkyl halides is 3. The first kappa shape index (κ1) is 28.6. The van der Waals surface area contributed by atoms with Crippen LogP contribution in [0.15, 0.2) is 43.0 Å². The Kier molecular flexibility index (Phi) is 7.78. The number of imidazole rings is 1. The van der Waals surface area contributed by atoms with Gasteiger partial charge in [0.25, 0.3) is 5.91 Å². The summed E-state index contributed by atoms with van der Waals surface area (Å²) in [5.74, 6) is -1.43. The number of aliphatic hydroxyl groups is 2. The van der Waals surface area contributed by atoms with Crippen molar-refractivity contribution in [3.63, 3.8) is 0 Å². The SMILES string of the molecule is Cc1ccc(F)c(CNc2nc(-c3cncc(Cl)c3)nc3c2ncn3[C@@H]2O[C@H](C(=O)NCC(F)(F)F)[C@@H](O)[C@H]2O)c1. The van der Waals surface area contributed by atoms with E-state index in [1.54, 1.807) is 23.5 Å². The molecule has 0 bridgehead atoms. The zero-order valence-corrected chi connectivity index (χ0v) is 21.9. The van der Waals surface area contributed by atoms with Crippen LogP contribution in [-0.4, -0.2) is 71.7 Å². The summed E-state index contributed by atoms with van der Waals surface area (Å²) in [5, 5.41) is 26.1. The Morgan fingerprint density at radius 3 is 2.68 bits per heavy atom. The molecule has 16 heteroatoms. The normalized spacial score (nSPS) is 20.9. The zero-order chi connectivity index (χ0) is 29.5. The van der Waals surface area contributed by atoms with Crippen LogP contribution < -0.4 is 10.6 Å². The molecule has 0 saturated carbocycles. The minimum absolute atomic E-state index is 0.0163. The highest BCUT2D eigenvalue weighted by Crippen LogP contribution is 2.34. The molecule has 5 rings (SSSR count). The maximum Gasteiger partial charge on any atom is 0.405 e. The van der Waals surface area contributed by atoms with Crippen LogP contribution in [0.2, 0.25) is 5.02 Å². The van der Waals surface area contributed by atoms with Crippen LogP contribution in [0.1, 0.15) is 17.4 Å². The fourth-order valence-corrected chi connectivity index (χ4v) is 4.48. The number of carbonyl (C=O) groups excluding carboxylic acids is 1. The number of fused-ring (bicyclic) bond motifs is 1. The number of anilines is 1. The fraction of sp³-hybridized carbons (Fsp3) is 0.320. The second-order valence-corrected chi connectivity index (χ2v) is 9.76. The van der Waals surface area contributed by atoms with Gasteiger partial charge in [-0.3, -0.25) is 14.3 Å². The number of hydrogen-bond donors (Lipinski definition) is 4. The molecule has 41 heavy (non-hydrogen) atoms. The molecule has 0 aliphatic carbocycles. The molecular formula is C25H22ClF4N7O4. The summed E-state index contributed by atoms with van der Waals surface area (Å²) in [6, 6.07) is 6.18. The zero-order valence-electron chi connectivity index (χ0n) is 21.1. The van der Waals surface area contributed by atoms with E-state index in [0.29, 0.717) is 16.1 Å². The molecule has 1 fully saturated rings. The van der Waals surface area contributed by atoms with E-state index in [4.69, 9.17) is 16.3 Å². The van der Waals surface area contributed by atoms with Crippen LogP contribution in [0.25, 0.3) is 22.6 Å². The number of benzene rings is 1. The van der Waals surface area contributed by atoms with Crippen LogP contribution in [0, 0.1) is 12.7 Å². The smallest absolute Gasteiger partial charge is 0.387 e. The molecule has 0 spiro atoms. The van der Waals surface area contributed by atoms with Gasteiger partial charge in [-0.05, 0) is 19.1 Å². The molecule has 11 nitrogen and oxygen atoms in total. The second kappa shape index (κ2) is 11.2. The number of nitrogens with zero attached hydrogens (tertiary/aromatic N) is 5. The Morgan fingerprint density at radius 2 is 1.95 bits per heavy atom. The number of nitrogens with one attached hydrogen (secondary N) is 2. The van der Waals surface area contributed by atoms with Gasteiger partial charge in [-0.25, -0.2) is 19.3 Å². The van der Waals surface area contributed by atoms with Gasteiger partial charge in [-0.1, -0.05) is 29.3 Å². The quantitative estimate of drug-likeness (QED) is 0.237. The van der Waals surface area contributed by atoms with Crippen molar-refractivity contribution in [1.29, 1.82) is 0 Å². The summed E-state index contributed by atoms with van der Waals surface area (Å²) in [6.07, 6.45) is -7.50.